The van der Waals surface area contributed by atoms with Crippen LogP contribution in [0.5, 0.6) is 0 Å². The lowest BCUT2D eigenvalue weighted by Crippen LogP contribution is -2.46. The molecule has 13 heteroatoms. The molecule has 0 aromatic rings. The minimum absolute atomic E-state index is 0.0866. The number of carboxylic acid groups (broad SMARTS) is 3. The van der Waals surface area contributed by atoms with Crippen molar-refractivity contribution in [2.24, 2.45) is 22.7 Å². The summed E-state index contributed by atoms with van der Waals surface area (Å²) in [5, 5.41) is 35.3. The van der Waals surface area contributed by atoms with Crippen LogP contribution in [0.1, 0.15) is 85.5 Å². The van der Waals surface area contributed by atoms with Crippen molar-refractivity contribution in [3.05, 3.63) is 0 Å². The van der Waals surface area contributed by atoms with Gasteiger partial charge in [-0.1, -0.05) is 13.8 Å². The van der Waals surface area contributed by atoms with E-state index in [0.29, 0.717) is 38.5 Å². The fourth-order valence-electron chi connectivity index (χ4n) is 4.92. The fraction of sp³-hybridized carbons (Fsp3) is 0.741. The van der Waals surface area contributed by atoms with Crippen LogP contribution in [0.4, 0.5) is 0 Å². The van der Waals surface area contributed by atoms with Crippen molar-refractivity contribution in [3.63, 3.8) is 0 Å². The zero-order chi connectivity index (χ0) is 30.7. The van der Waals surface area contributed by atoms with Gasteiger partial charge in [-0.2, -0.15) is 0 Å². The van der Waals surface area contributed by atoms with E-state index in [0.717, 1.165) is 0 Å². The van der Waals surface area contributed by atoms with Crippen molar-refractivity contribution in [1.82, 2.24) is 16.0 Å². The number of amides is 3. The minimum atomic E-state index is -1.30. The largest absolute Gasteiger partial charge is 0.481 e. The van der Waals surface area contributed by atoms with Crippen LogP contribution in [-0.4, -0.2) is 75.9 Å². The van der Waals surface area contributed by atoms with E-state index >= 15 is 0 Å². The first-order valence-corrected chi connectivity index (χ1v) is 13.5. The molecule has 0 aromatic carbocycles. The van der Waals surface area contributed by atoms with Gasteiger partial charge in [-0.3, -0.25) is 24.0 Å². The summed E-state index contributed by atoms with van der Waals surface area (Å²) in [7, 11) is 0. The van der Waals surface area contributed by atoms with Crippen molar-refractivity contribution in [2.45, 2.75) is 97.6 Å². The number of aldehydes is 1. The lowest BCUT2D eigenvalue weighted by Gasteiger charge is -2.33. The molecule has 3 amide bonds. The van der Waals surface area contributed by atoms with Crippen LogP contribution in [0.3, 0.4) is 0 Å². The van der Waals surface area contributed by atoms with Crippen LogP contribution in [0, 0.1) is 22.7 Å². The first kappa shape index (κ1) is 34.5. The molecule has 226 valence electrons. The third-order valence-corrected chi connectivity index (χ3v) is 7.30. The highest BCUT2D eigenvalue weighted by atomic mass is 16.4. The van der Waals surface area contributed by atoms with Gasteiger partial charge in [0.2, 0.25) is 17.7 Å². The first-order valence-electron chi connectivity index (χ1n) is 13.5. The molecular weight excluding hydrogens is 526 g/mol. The van der Waals surface area contributed by atoms with Crippen LogP contribution in [0.25, 0.3) is 0 Å². The number of rotatable bonds is 17. The van der Waals surface area contributed by atoms with E-state index in [1.165, 1.54) is 0 Å². The minimum Gasteiger partial charge on any atom is -0.481 e. The first-order chi connectivity index (χ1) is 18.5. The summed E-state index contributed by atoms with van der Waals surface area (Å²) in [5.41, 5.74) is -1.93. The molecule has 0 spiro atoms. The maximum absolute atomic E-state index is 12.7. The molecule has 0 aliphatic heterocycles. The van der Waals surface area contributed by atoms with Gasteiger partial charge in [-0.15, -0.1) is 0 Å². The van der Waals surface area contributed by atoms with E-state index in [4.69, 9.17) is 5.11 Å². The number of hydrogen-bond acceptors (Lipinski definition) is 7. The van der Waals surface area contributed by atoms with Gasteiger partial charge in [0.1, 0.15) is 12.3 Å². The number of carboxylic acids is 3. The van der Waals surface area contributed by atoms with Gasteiger partial charge < -0.3 is 36.1 Å². The molecule has 2 unspecified atom stereocenters. The van der Waals surface area contributed by atoms with Gasteiger partial charge in [-0.05, 0) is 64.7 Å². The Hall–Kier alpha value is -3.51. The van der Waals surface area contributed by atoms with Crippen molar-refractivity contribution in [2.75, 3.05) is 6.54 Å². The van der Waals surface area contributed by atoms with Crippen molar-refractivity contribution >= 4 is 41.9 Å². The van der Waals surface area contributed by atoms with Gasteiger partial charge in [-0.25, -0.2) is 4.79 Å². The molecule has 1 saturated carbocycles. The zero-order valence-electron chi connectivity index (χ0n) is 23.7. The Morgan fingerprint density at radius 1 is 0.850 bits per heavy atom. The average Bonchev–Trinajstić information content (AvgIpc) is 2.86. The molecule has 0 bridgehead atoms. The number of hydrogen-bond donors (Lipinski definition) is 6. The van der Waals surface area contributed by atoms with Crippen LogP contribution in [0.15, 0.2) is 0 Å². The number of nitrogens with one attached hydrogen (secondary N) is 3. The molecule has 0 saturated heterocycles. The van der Waals surface area contributed by atoms with E-state index in [1.54, 1.807) is 27.7 Å². The summed E-state index contributed by atoms with van der Waals surface area (Å²) < 4.78 is 0. The summed E-state index contributed by atoms with van der Waals surface area (Å²) >= 11 is 0. The third-order valence-electron chi connectivity index (χ3n) is 7.30. The van der Waals surface area contributed by atoms with Gasteiger partial charge >= 0.3 is 17.9 Å². The van der Waals surface area contributed by atoms with Crippen LogP contribution < -0.4 is 16.0 Å². The fourth-order valence-corrected chi connectivity index (χ4v) is 4.92. The molecule has 40 heavy (non-hydrogen) atoms. The number of aliphatic carboxylic acids is 3. The Bertz CT molecular complexity index is 954. The molecule has 0 heterocycles. The predicted octanol–water partition coefficient (Wildman–Crippen LogP) is 1.33. The van der Waals surface area contributed by atoms with Gasteiger partial charge in [0.25, 0.3) is 0 Å². The highest BCUT2D eigenvalue weighted by Crippen LogP contribution is 2.34. The molecule has 0 radical (unpaired) electrons. The number of carbonyl (C=O) groups excluding carboxylic acids is 4. The molecule has 2 atom stereocenters. The van der Waals surface area contributed by atoms with Gasteiger partial charge in [0, 0.05) is 30.7 Å². The van der Waals surface area contributed by atoms with E-state index in [-0.39, 0.29) is 43.9 Å². The van der Waals surface area contributed by atoms with Crippen LogP contribution in [0.2, 0.25) is 0 Å². The van der Waals surface area contributed by atoms with Crippen LogP contribution >= 0.6 is 0 Å². The SMILES string of the molecule is CC(C)(CC(C)(C)C(=O)NCC1CCC(C(=O)NC(CCC(=O)NC(C=O)CCC(=O)O)C(=O)O)CC1)C(=O)O. The Morgan fingerprint density at radius 2 is 1.45 bits per heavy atom. The molecule has 1 rings (SSSR count). The predicted molar refractivity (Wildman–Crippen MR) is 142 cm³/mol. The summed E-state index contributed by atoms with van der Waals surface area (Å²) in [6.45, 7) is 6.96. The second-order valence-corrected chi connectivity index (χ2v) is 11.9. The van der Waals surface area contributed by atoms with Crippen molar-refractivity contribution in [1.29, 1.82) is 0 Å². The molecule has 1 aliphatic rings. The Balaban J connectivity index is 2.51. The number of carbonyl (C=O) groups is 7. The lowest BCUT2D eigenvalue weighted by atomic mass is 9.74. The summed E-state index contributed by atoms with van der Waals surface area (Å²) in [4.78, 5) is 82.3. The van der Waals surface area contributed by atoms with Crippen LogP contribution in [-0.2, 0) is 33.6 Å². The maximum atomic E-state index is 12.7. The van der Waals surface area contributed by atoms with Crippen molar-refractivity contribution < 1.29 is 48.9 Å². The molecule has 13 nitrogen and oxygen atoms in total. The van der Waals surface area contributed by atoms with Gasteiger partial charge in [0.05, 0.1) is 11.5 Å². The van der Waals surface area contributed by atoms with Crippen molar-refractivity contribution in [3.8, 4) is 0 Å². The Morgan fingerprint density at radius 3 is 1.95 bits per heavy atom. The second kappa shape index (κ2) is 15.3. The quantitative estimate of drug-likeness (QED) is 0.138. The van der Waals surface area contributed by atoms with E-state index in [1.807, 2.05) is 0 Å². The summed E-state index contributed by atoms with van der Waals surface area (Å²) in [6, 6.07) is -2.30. The molecule has 1 fully saturated rings. The van der Waals surface area contributed by atoms with Gasteiger partial charge in [0.15, 0.2) is 0 Å². The Kier molecular flexibility index (Phi) is 13.2. The summed E-state index contributed by atoms with van der Waals surface area (Å²) in [6.07, 6.45) is 1.99. The Labute approximate surface area is 233 Å². The standard InChI is InChI=1S/C27H43N3O10/c1-26(2,15-27(3,4)25(39)40)24(38)28-13-16-5-7-17(8-6-16)22(35)30-19(23(36)37)10-11-20(32)29-18(14-31)9-12-21(33)34/h14,16-19H,5-13,15H2,1-4H3,(H,28,38)(H,29,32)(H,30,35)(H,33,34)(H,36,37)(H,39,40). The summed E-state index contributed by atoms with van der Waals surface area (Å²) in [5.74, 6) is -4.97. The monoisotopic (exact) mass is 569 g/mol. The highest BCUT2D eigenvalue weighted by Gasteiger charge is 2.39. The topological polar surface area (TPSA) is 216 Å². The molecule has 0 aromatic heterocycles. The molecule has 1 aliphatic carbocycles. The third kappa shape index (κ3) is 11.7. The van der Waals surface area contributed by atoms with E-state index < -0.39 is 58.6 Å². The maximum Gasteiger partial charge on any atom is 0.326 e. The smallest absolute Gasteiger partial charge is 0.326 e. The second-order valence-electron chi connectivity index (χ2n) is 11.9. The average molecular weight is 570 g/mol. The lowest BCUT2D eigenvalue weighted by molar-refractivity contribution is -0.150. The van der Waals surface area contributed by atoms with E-state index in [9.17, 15) is 43.8 Å². The highest BCUT2D eigenvalue weighted by molar-refractivity contribution is 5.86. The molecule has 6 N–H and O–H groups in total. The zero-order valence-corrected chi connectivity index (χ0v) is 23.7. The normalized spacial score (nSPS) is 19.0. The molecular formula is C27H43N3O10. The van der Waals surface area contributed by atoms with E-state index in [2.05, 4.69) is 16.0 Å².